The molecule has 0 bridgehead atoms. The molecule has 0 saturated carbocycles. The lowest BCUT2D eigenvalue weighted by Crippen LogP contribution is -2.35. The van der Waals surface area contributed by atoms with Crippen LogP contribution in [0.15, 0.2) is 42.7 Å². The number of carbonyl (C=O) groups is 1. The van der Waals surface area contributed by atoms with E-state index in [-0.39, 0.29) is 6.42 Å². The van der Waals surface area contributed by atoms with E-state index in [1.807, 2.05) is 30.3 Å². The van der Waals surface area contributed by atoms with Gasteiger partial charge in [-0.15, -0.1) is 0 Å². The molecule has 7 nitrogen and oxygen atoms in total. The van der Waals surface area contributed by atoms with E-state index >= 15 is 0 Å². The van der Waals surface area contributed by atoms with Gasteiger partial charge in [0.1, 0.15) is 6.04 Å². The van der Waals surface area contributed by atoms with Gasteiger partial charge in [0.2, 0.25) is 5.95 Å². The second-order valence-corrected chi connectivity index (χ2v) is 5.93. The van der Waals surface area contributed by atoms with Crippen LogP contribution in [0.2, 0.25) is 0 Å². The largest absolute Gasteiger partial charge is 0.480 e. The van der Waals surface area contributed by atoms with Gasteiger partial charge in [-0.05, 0) is 5.56 Å². The van der Waals surface area contributed by atoms with Crippen LogP contribution in [-0.2, 0) is 17.9 Å². The van der Waals surface area contributed by atoms with E-state index in [9.17, 15) is 15.0 Å². The summed E-state index contributed by atoms with van der Waals surface area (Å²) in [7, 11) is 0. The first kappa shape index (κ1) is 16.4. The van der Waals surface area contributed by atoms with Crippen LogP contribution < -0.4 is 5.32 Å². The highest BCUT2D eigenvalue weighted by atomic mass is 16.4. The van der Waals surface area contributed by atoms with Crippen LogP contribution in [0.1, 0.15) is 17.5 Å². The van der Waals surface area contributed by atoms with Gasteiger partial charge in [-0.3, -0.25) is 9.69 Å². The summed E-state index contributed by atoms with van der Waals surface area (Å²) in [5.74, 6) is -0.382. The number of carboxylic acids is 1. The standard InChI is InChI=1S/C17H20N4O3/c22-14-6-15(16(23)24)21(11-14)10-13-8-19-17(20-9-13)18-7-12-4-2-1-3-5-12/h1-5,8-9,14-15,22H,6-7,10-11H2,(H,23,24)(H,18,19,20)/t14-,15+/m1/s1. The maximum atomic E-state index is 11.2. The Morgan fingerprint density at radius 2 is 1.92 bits per heavy atom. The number of hydrogen-bond acceptors (Lipinski definition) is 6. The molecule has 0 unspecified atom stereocenters. The van der Waals surface area contributed by atoms with Gasteiger partial charge in [-0.2, -0.15) is 0 Å². The summed E-state index contributed by atoms with van der Waals surface area (Å²) in [5.41, 5.74) is 1.96. The fraction of sp³-hybridized carbons (Fsp3) is 0.353. The molecule has 0 amide bonds. The van der Waals surface area contributed by atoms with Crippen LogP contribution >= 0.6 is 0 Å². The fourth-order valence-electron chi connectivity index (χ4n) is 2.85. The first-order valence-corrected chi connectivity index (χ1v) is 7.85. The number of aromatic nitrogens is 2. The SMILES string of the molecule is O=C(O)[C@@H]1C[C@@H](O)CN1Cc1cnc(NCc2ccccc2)nc1. The van der Waals surface area contributed by atoms with Crippen LogP contribution in [0.5, 0.6) is 0 Å². The van der Waals surface area contributed by atoms with Crippen LogP contribution in [0, 0.1) is 0 Å². The second kappa shape index (κ2) is 7.37. The molecule has 2 atom stereocenters. The zero-order valence-electron chi connectivity index (χ0n) is 13.2. The highest BCUT2D eigenvalue weighted by Gasteiger charge is 2.35. The molecule has 0 aliphatic carbocycles. The molecule has 2 aromatic rings. The highest BCUT2D eigenvalue weighted by molar-refractivity contribution is 5.74. The maximum absolute atomic E-state index is 11.2. The second-order valence-electron chi connectivity index (χ2n) is 5.93. The Morgan fingerprint density at radius 3 is 2.58 bits per heavy atom. The van der Waals surface area contributed by atoms with Crippen molar-refractivity contribution in [2.45, 2.75) is 31.7 Å². The predicted octanol–water partition coefficient (Wildman–Crippen LogP) is 1.11. The van der Waals surface area contributed by atoms with Gasteiger partial charge in [-0.25, -0.2) is 9.97 Å². The summed E-state index contributed by atoms with van der Waals surface area (Å²) in [6.45, 7) is 1.40. The van der Waals surface area contributed by atoms with Crippen molar-refractivity contribution in [3.63, 3.8) is 0 Å². The molecule has 3 rings (SSSR count). The van der Waals surface area contributed by atoms with Crippen molar-refractivity contribution in [3.8, 4) is 0 Å². The van der Waals surface area contributed by atoms with E-state index in [4.69, 9.17) is 0 Å². The first-order valence-electron chi connectivity index (χ1n) is 7.85. The lowest BCUT2D eigenvalue weighted by Gasteiger charge is -2.20. The third-order valence-electron chi connectivity index (χ3n) is 4.05. The molecular weight excluding hydrogens is 308 g/mol. The number of likely N-dealkylation sites (tertiary alicyclic amines) is 1. The van der Waals surface area contributed by atoms with Crippen LogP contribution in [-0.4, -0.2) is 49.7 Å². The van der Waals surface area contributed by atoms with Crippen molar-refractivity contribution in [2.24, 2.45) is 0 Å². The topological polar surface area (TPSA) is 98.6 Å². The van der Waals surface area contributed by atoms with Crippen LogP contribution in [0.4, 0.5) is 5.95 Å². The Balaban J connectivity index is 1.57. The minimum Gasteiger partial charge on any atom is -0.480 e. The number of β-amino-alcohol motifs (C(OH)–C–C–N with tert-alkyl or cyclic N) is 1. The smallest absolute Gasteiger partial charge is 0.321 e. The maximum Gasteiger partial charge on any atom is 0.321 e. The molecule has 126 valence electrons. The van der Waals surface area contributed by atoms with Gasteiger partial charge < -0.3 is 15.5 Å². The normalized spacial score (nSPS) is 20.9. The third kappa shape index (κ3) is 4.06. The zero-order chi connectivity index (χ0) is 16.9. The molecule has 1 aromatic carbocycles. The van der Waals surface area contributed by atoms with Gasteiger partial charge in [0, 0.05) is 44.0 Å². The number of anilines is 1. The summed E-state index contributed by atoms with van der Waals surface area (Å²) in [6.07, 6.45) is 3.03. The van der Waals surface area contributed by atoms with Crippen molar-refractivity contribution < 1.29 is 15.0 Å². The molecule has 1 fully saturated rings. The van der Waals surface area contributed by atoms with Crippen molar-refractivity contribution >= 4 is 11.9 Å². The Hall–Kier alpha value is -2.51. The molecule has 1 aromatic heterocycles. The van der Waals surface area contributed by atoms with E-state index in [1.165, 1.54) is 0 Å². The molecule has 0 radical (unpaired) electrons. The van der Waals surface area contributed by atoms with E-state index in [2.05, 4.69) is 15.3 Å². The van der Waals surface area contributed by atoms with Gasteiger partial charge in [-0.1, -0.05) is 30.3 Å². The number of nitrogens with zero attached hydrogens (tertiary/aromatic N) is 3. The lowest BCUT2D eigenvalue weighted by molar-refractivity contribution is -0.142. The number of carboxylic acid groups (broad SMARTS) is 1. The molecule has 1 saturated heterocycles. The molecule has 2 heterocycles. The lowest BCUT2D eigenvalue weighted by atomic mass is 10.2. The number of aliphatic hydroxyl groups is 1. The van der Waals surface area contributed by atoms with Crippen molar-refractivity contribution in [3.05, 3.63) is 53.9 Å². The summed E-state index contributed by atoms with van der Waals surface area (Å²) in [5, 5.41) is 22.0. The Bertz CT molecular complexity index is 678. The molecule has 3 N–H and O–H groups in total. The van der Waals surface area contributed by atoms with Crippen molar-refractivity contribution in [2.75, 3.05) is 11.9 Å². The van der Waals surface area contributed by atoms with E-state index in [0.717, 1.165) is 11.1 Å². The number of aliphatic carboxylic acids is 1. The number of nitrogens with one attached hydrogen (secondary N) is 1. The number of rotatable bonds is 6. The quantitative estimate of drug-likeness (QED) is 0.730. The highest BCUT2D eigenvalue weighted by Crippen LogP contribution is 2.20. The van der Waals surface area contributed by atoms with E-state index in [0.29, 0.717) is 25.6 Å². The molecular formula is C17H20N4O3. The average molecular weight is 328 g/mol. The number of aliphatic hydroxyl groups excluding tert-OH is 1. The molecule has 24 heavy (non-hydrogen) atoms. The van der Waals surface area contributed by atoms with Gasteiger partial charge >= 0.3 is 5.97 Å². The minimum atomic E-state index is -0.909. The summed E-state index contributed by atoms with van der Waals surface area (Å²) < 4.78 is 0. The Morgan fingerprint density at radius 1 is 1.21 bits per heavy atom. The Kier molecular flexibility index (Phi) is 5.02. The number of benzene rings is 1. The van der Waals surface area contributed by atoms with E-state index in [1.54, 1.807) is 17.3 Å². The molecule has 7 heteroatoms. The third-order valence-corrected chi connectivity index (χ3v) is 4.05. The van der Waals surface area contributed by atoms with E-state index < -0.39 is 18.1 Å². The molecule has 1 aliphatic rings. The Labute approximate surface area is 140 Å². The number of hydrogen-bond donors (Lipinski definition) is 3. The van der Waals surface area contributed by atoms with Crippen LogP contribution in [0.25, 0.3) is 0 Å². The van der Waals surface area contributed by atoms with Gasteiger partial charge in [0.05, 0.1) is 6.10 Å². The fourth-order valence-corrected chi connectivity index (χ4v) is 2.85. The van der Waals surface area contributed by atoms with Gasteiger partial charge in [0.15, 0.2) is 0 Å². The van der Waals surface area contributed by atoms with Crippen molar-refractivity contribution in [1.29, 1.82) is 0 Å². The van der Waals surface area contributed by atoms with Crippen molar-refractivity contribution in [1.82, 2.24) is 14.9 Å². The van der Waals surface area contributed by atoms with Gasteiger partial charge in [0.25, 0.3) is 0 Å². The molecule has 0 spiro atoms. The minimum absolute atomic E-state index is 0.257. The zero-order valence-corrected chi connectivity index (χ0v) is 13.2. The molecule has 1 aliphatic heterocycles. The summed E-state index contributed by atoms with van der Waals surface area (Å²) in [4.78, 5) is 21.5. The summed E-state index contributed by atoms with van der Waals surface area (Å²) in [6, 6.07) is 9.30. The monoisotopic (exact) mass is 328 g/mol. The first-order chi connectivity index (χ1) is 11.6. The average Bonchev–Trinajstić information content (AvgIpc) is 2.96. The summed E-state index contributed by atoms with van der Waals surface area (Å²) >= 11 is 0. The van der Waals surface area contributed by atoms with Crippen LogP contribution in [0.3, 0.4) is 0 Å². The predicted molar refractivity (Wildman–Crippen MR) is 88.3 cm³/mol.